The number of hydrogen-bond donors (Lipinski definition) is 0. The van der Waals surface area contributed by atoms with Crippen LogP contribution in [0.25, 0.3) is 0 Å². The summed E-state index contributed by atoms with van der Waals surface area (Å²) in [5.41, 5.74) is 0.319. The fourth-order valence-corrected chi connectivity index (χ4v) is 1.52. The van der Waals surface area contributed by atoms with Gasteiger partial charge in [0.2, 0.25) is 0 Å². The van der Waals surface area contributed by atoms with Crippen LogP contribution in [0.1, 0.15) is 17.3 Å². The van der Waals surface area contributed by atoms with Crippen molar-refractivity contribution < 1.29 is 19.4 Å². The Morgan fingerprint density at radius 1 is 1.44 bits per heavy atom. The van der Waals surface area contributed by atoms with Gasteiger partial charge in [0.05, 0.1) is 9.54 Å². The number of carboxylic acid groups (broad SMARTS) is 1. The van der Waals surface area contributed by atoms with Crippen molar-refractivity contribution in [1.29, 1.82) is 0 Å². The average molecular weight is 331 g/mol. The summed E-state index contributed by atoms with van der Waals surface area (Å²) in [4.78, 5) is 21.8. The number of esters is 1. The predicted octanol–water partition coefficient (Wildman–Crippen LogP) is 1.14. The molecule has 0 bridgehead atoms. The highest BCUT2D eigenvalue weighted by atomic mass is 127. The molecule has 4 nitrogen and oxygen atoms in total. The maximum absolute atomic E-state index is 11.2. The van der Waals surface area contributed by atoms with E-state index >= 15 is 0 Å². The first-order valence-electron chi connectivity index (χ1n) is 4.30. The molecule has 84 valence electrons. The summed E-state index contributed by atoms with van der Waals surface area (Å²) in [7, 11) is 0. The van der Waals surface area contributed by atoms with Crippen LogP contribution in [0.2, 0.25) is 0 Å². The molecule has 0 spiro atoms. The molecule has 0 aromatic heterocycles. The van der Waals surface area contributed by atoms with Crippen molar-refractivity contribution in [2.45, 2.75) is 6.92 Å². The molecule has 5 heteroatoms. The molecule has 0 saturated heterocycles. The Balaban J connectivity index is 2.96. The molecule has 0 radical (unpaired) electrons. The molecule has 0 aliphatic rings. The largest absolute Gasteiger partial charge is 0.545 e. The zero-order valence-corrected chi connectivity index (χ0v) is 10.6. The quantitative estimate of drug-likeness (QED) is 0.361. The van der Waals surface area contributed by atoms with E-state index < -0.39 is 11.9 Å². The van der Waals surface area contributed by atoms with Gasteiger partial charge in [-0.25, -0.2) is 4.79 Å². The van der Waals surface area contributed by atoms with Crippen LogP contribution in [0.3, 0.4) is 0 Å². The zero-order chi connectivity index (χ0) is 12.3. The fraction of sp³-hybridized carbons (Fsp3) is 0.0909. The summed E-state index contributed by atoms with van der Waals surface area (Å²) in [5, 5.41) is 10.6. The molecule has 0 amide bonds. The van der Waals surface area contributed by atoms with Crippen LogP contribution in [-0.2, 0) is 4.79 Å². The van der Waals surface area contributed by atoms with Gasteiger partial charge in [0.1, 0.15) is 5.75 Å². The SMILES string of the molecule is C=C(C)C(=O)Oc1ccc(C(=O)[O-])cc1I. The average Bonchev–Trinajstić information content (AvgIpc) is 2.20. The molecule has 0 aliphatic carbocycles. The van der Waals surface area contributed by atoms with Crippen LogP contribution in [0.15, 0.2) is 30.4 Å². The lowest BCUT2D eigenvalue weighted by Gasteiger charge is -2.08. The Labute approximate surface area is 106 Å². The van der Waals surface area contributed by atoms with Gasteiger partial charge in [0, 0.05) is 5.57 Å². The van der Waals surface area contributed by atoms with E-state index in [-0.39, 0.29) is 11.1 Å². The van der Waals surface area contributed by atoms with Gasteiger partial charge in [0.25, 0.3) is 0 Å². The van der Waals surface area contributed by atoms with Gasteiger partial charge >= 0.3 is 5.97 Å². The minimum atomic E-state index is -1.27. The van der Waals surface area contributed by atoms with Crippen molar-refractivity contribution in [1.82, 2.24) is 0 Å². The lowest BCUT2D eigenvalue weighted by atomic mass is 10.2. The third kappa shape index (κ3) is 3.06. The van der Waals surface area contributed by atoms with Gasteiger partial charge in [-0.05, 0) is 53.3 Å². The first kappa shape index (κ1) is 12.7. The van der Waals surface area contributed by atoms with E-state index in [1.807, 2.05) is 22.6 Å². The minimum absolute atomic E-state index is 0.0412. The number of aromatic carboxylic acids is 1. The van der Waals surface area contributed by atoms with Gasteiger partial charge in [-0.15, -0.1) is 0 Å². The van der Waals surface area contributed by atoms with E-state index in [0.29, 0.717) is 9.32 Å². The molecular formula is C11H8IO4-. The number of carbonyl (C=O) groups excluding carboxylic acids is 2. The third-order valence-electron chi connectivity index (χ3n) is 1.72. The van der Waals surface area contributed by atoms with Crippen molar-refractivity contribution in [2.75, 3.05) is 0 Å². The highest BCUT2D eigenvalue weighted by molar-refractivity contribution is 14.1. The van der Waals surface area contributed by atoms with E-state index in [1.165, 1.54) is 25.1 Å². The zero-order valence-electron chi connectivity index (χ0n) is 8.45. The summed E-state index contributed by atoms with van der Waals surface area (Å²) in [6.07, 6.45) is 0. The normalized spacial score (nSPS) is 9.62. The van der Waals surface area contributed by atoms with Crippen molar-refractivity contribution >= 4 is 34.5 Å². The second-order valence-corrected chi connectivity index (χ2v) is 4.26. The van der Waals surface area contributed by atoms with E-state index in [9.17, 15) is 14.7 Å². The van der Waals surface area contributed by atoms with Crippen LogP contribution in [0.5, 0.6) is 5.75 Å². The fourth-order valence-electron chi connectivity index (χ4n) is 0.898. The molecule has 0 heterocycles. The van der Waals surface area contributed by atoms with Crippen molar-refractivity contribution in [3.63, 3.8) is 0 Å². The standard InChI is InChI=1S/C11H9IO4/c1-6(2)11(15)16-9-4-3-7(10(13)14)5-8(9)12/h3-5H,1H2,2H3,(H,13,14)/p-1. The molecule has 1 aromatic carbocycles. The van der Waals surface area contributed by atoms with Crippen LogP contribution >= 0.6 is 22.6 Å². The minimum Gasteiger partial charge on any atom is -0.545 e. The van der Waals surface area contributed by atoms with Gasteiger partial charge in [-0.1, -0.05) is 6.58 Å². The summed E-state index contributed by atoms with van der Waals surface area (Å²) >= 11 is 1.88. The first-order chi connectivity index (χ1) is 7.41. The second-order valence-electron chi connectivity index (χ2n) is 3.10. The van der Waals surface area contributed by atoms with Crippen LogP contribution in [0, 0.1) is 3.57 Å². The Morgan fingerprint density at radius 2 is 2.06 bits per heavy atom. The molecule has 0 aliphatic heterocycles. The van der Waals surface area contributed by atoms with Crippen molar-refractivity contribution in [3.05, 3.63) is 39.5 Å². The maximum Gasteiger partial charge on any atom is 0.338 e. The lowest BCUT2D eigenvalue weighted by Crippen LogP contribution is -2.22. The van der Waals surface area contributed by atoms with E-state index in [0.717, 1.165) is 0 Å². The van der Waals surface area contributed by atoms with E-state index in [1.54, 1.807) is 0 Å². The van der Waals surface area contributed by atoms with E-state index in [4.69, 9.17) is 4.74 Å². The first-order valence-corrected chi connectivity index (χ1v) is 5.38. The van der Waals surface area contributed by atoms with Gasteiger partial charge in [-0.2, -0.15) is 0 Å². The summed E-state index contributed by atoms with van der Waals surface area (Å²) < 4.78 is 5.50. The molecule has 0 N–H and O–H groups in total. The summed E-state index contributed by atoms with van der Waals surface area (Å²) in [6, 6.07) is 4.10. The van der Waals surface area contributed by atoms with Crippen molar-refractivity contribution in [2.24, 2.45) is 0 Å². The van der Waals surface area contributed by atoms with Crippen LogP contribution < -0.4 is 9.84 Å². The van der Waals surface area contributed by atoms with Crippen LogP contribution in [-0.4, -0.2) is 11.9 Å². The Bertz CT molecular complexity index is 465. The number of ether oxygens (including phenoxy) is 1. The van der Waals surface area contributed by atoms with Crippen molar-refractivity contribution in [3.8, 4) is 5.75 Å². The predicted molar refractivity (Wildman–Crippen MR) is 63.9 cm³/mol. The number of hydrogen-bond acceptors (Lipinski definition) is 4. The maximum atomic E-state index is 11.2. The topological polar surface area (TPSA) is 66.4 Å². The molecule has 0 atom stereocenters. The second kappa shape index (κ2) is 5.11. The number of carbonyl (C=O) groups is 2. The third-order valence-corrected chi connectivity index (χ3v) is 2.56. The lowest BCUT2D eigenvalue weighted by molar-refractivity contribution is -0.255. The van der Waals surface area contributed by atoms with Gasteiger partial charge in [0.15, 0.2) is 0 Å². The Hall–Kier alpha value is -1.37. The Kier molecular flexibility index (Phi) is 4.05. The number of carboxylic acids is 1. The Morgan fingerprint density at radius 3 is 2.50 bits per heavy atom. The van der Waals surface area contributed by atoms with Gasteiger partial charge < -0.3 is 14.6 Å². The molecular weight excluding hydrogens is 323 g/mol. The highest BCUT2D eigenvalue weighted by Gasteiger charge is 2.09. The molecule has 16 heavy (non-hydrogen) atoms. The number of halogens is 1. The molecule has 0 fully saturated rings. The molecule has 1 aromatic rings. The van der Waals surface area contributed by atoms with E-state index in [2.05, 4.69) is 6.58 Å². The monoisotopic (exact) mass is 331 g/mol. The van der Waals surface area contributed by atoms with Crippen LogP contribution in [0.4, 0.5) is 0 Å². The highest BCUT2D eigenvalue weighted by Crippen LogP contribution is 2.22. The summed E-state index contributed by atoms with van der Waals surface area (Å²) in [6.45, 7) is 4.98. The molecule has 0 saturated carbocycles. The summed E-state index contributed by atoms with van der Waals surface area (Å²) in [5.74, 6) is -1.51. The number of rotatable bonds is 3. The number of benzene rings is 1. The molecule has 1 rings (SSSR count). The van der Waals surface area contributed by atoms with Gasteiger partial charge in [-0.3, -0.25) is 0 Å². The molecule has 0 unspecified atom stereocenters. The smallest absolute Gasteiger partial charge is 0.338 e.